The first-order valence-electron chi connectivity index (χ1n) is 15.4. The fourth-order valence-corrected chi connectivity index (χ4v) is 4.64. The van der Waals surface area contributed by atoms with Gasteiger partial charge in [-0.3, -0.25) is 13.0 Å². The third-order valence-electron chi connectivity index (χ3n) is 7.81. The quantitative estimate of drug-likeness (QED) is 0.213. The fourth-order valence-electron chi connectivity index (χ4n) is 4.64. The maximum atomic E-state index is 8.63. The molecule has 0 radical (unpaired) electrons. The molecular weight excluding hydrogens is 606 g/mol. The number of morpholine rings is 3. The van der Waals surface area contributed by atoms with E-state index in [1.807, 2.05) is 0 Å². The van der Waals surface area contributed by atoms with Gasteiger partial charge in [-0.25, -0.2) is 8.42 Å². The van der Waals surface area contributed by atoms with Gasteiger partial charge in [0.05, 0.1) is 80.4 Å². The molecule has 3 saturated heterocycles. The first-order chi connectivity index (χ1) is 19.8. The van der Waals surface area contributed by atoms with Crippen LogP contribution < -0.4 is 0 Å². The van der Waals surface area contributed by atoms with Crippen molar-refractivity contribution in [2.75, 3.05) is 120 Å². The summed E-state index contributed by atoms with van der Waals surface area (Å²) in [4.78, 5) is 0. The van der Waals surface area contributed by atoms with Crippen molar-refractivity contribution >= 4 is 20.8 Å². The van der Waals surface area contributed by atoms with Crippen molar-refractivity contribution in [3.63, 3.8) is 0 Å². The average Bonchev–Trinajstić information content (AvgIpc) is 2.90. The number of hydrogen-bond donors (Lipinski definition) is 1. The monoisotopic (exact) mass is 667 g/mol. The van der Waals surface area contributed by atoms with Gasteiger partial charge in [0.1, 0.15) is 39.3 Å². The minimum Gasteiger partial charge on any atom is -0.759 e. The zero-order valence-corrected chi connectivity index (χ0v) is 29.2. The second-order valence-corrected chi connectivity index (χ2v) is 13.8. The Hall–Kier alpha value is -0.500. The normalized spacial score (nSPS) is 20.7. The maximum absolute atomic E-state index is 8.63. The predicted molar refractivity (Wildman–Crippen MR) is 162 cm³/mol. The summed E-state index contributed by atoms with van der Waals surface area (Å²) in [5.41, 5.74) is 0. The van der Waals surface area contributed by atoms with Crippen LogP contribution in [0.3, 0.4) is 0 Å². The zero-order chi connectivity index (χ0) is 33.5. The van der Waals surface area contributed by atoms with Gasteiger partial charge in [-0.2, -0.15) is 0 Å². The standard InChI is InChI=1S/3C9H20NO.2H2O4S/c3*1-3-4-5-10(2)6-8-11-9-7-10;2*1-5(2,3)4/h3*3-9H2,1-2H3;2*(H2,1,2,3,4)/q3*+1;;/p-3. The van der Waals surface area contributed by atoms with Gasteiger partial charge in [0.2, 0.25) is 10.4 Å². The molecule has 0 unspecified atom stereocenters. The SMILES string of the molecule is CCCC[N+]1(C)CCOCC1.CCCC[N+]1(C)CCOCC1.CCCC[N+]1(C)CCOCC1.O=S(=O)([O-])O.O=S(=O)([O-])[O-]. The molecule has 14 nitrogen and oxygen atoms in total. The van der Waals surface area contributed by atoms with Gasteiger partial charge >= 0.3 is 0 Å². The summed E-state index contributed by atoms with van der Waals surface area (Å²) in [5.74, 6) is 0. The first kappa shape index (κ1) is 44.6. The predicted octanol–water partition coefficient (Wildman–Crippen LogP) is 1.46. The van der Waals surface area contributed by atoms with Gasteiger partial charge < -0.3 is 41.3 Å². The molecule has 0 aliphatic carbocycles. The molecular formula is C27H61N3O11S2. The molecule has 1 N–H and O–H groups in total. The highest BCUT2D eigenvalue weighted by atomic mass is 32.3. The van der Waals surface area contributed by atoms with Crippen molar-refractivity contribution in [1.29, 1.82) is 0 Å². The van der Waals surface area contributed by atoms with Gasteiger partial charge in [-0.1, -0.05) is 40.0 Å². The van der Waals surface area contributed by atoms with Crippen molar-refractivity contribution in [3.8, 4) is 0 Å². The van der Waals surface area contributed by atoms with Crippen LogP contribution in [0.1, 0.15) is 59.3 Å². The van der Waals surface area contributed by atoms with E-state index in [0.717, 1.165) is 39.6 Å². The van der Waals surface area contributed by atoms with Gasteiger partial charge in [0, 0.05) is 10.4 Å². The lowest BCUT2D eigenvalue weighted by Crippen LogP contribution is -2.52. The molecule has 0 atom stereocenters. The van der Waals surface area contributed by atoms with Crippen molar-refractivity contribution < 1.29 is 62.7 Å². The van der Waals surface area contributed by atoms with E-state index < -0.39 is 20.8 Å². The van der Waals surface area contributed by atoms with Crippen molar-refractivity contribution in [1.82, 2.24) is 0 Å². The van der Waals surface area contributed by atoms with Crippen LogP contribution in [0.25, 0.3) is 0 Å². The second-order valence-electron chi connectivity index (χ2n) is 12.1. The maximum Gasteiger partial charge on any atom is 0.215 e. The highest BCUT2D eigenvalue weighted by molar-refractivity contribution is 7.80. The van der Waals surface area contributed by atoms with Crippen molar-refractivity contribution in [2.45, 2.75) is 59.3 Å². The van der Waals surface area contributed by atoms with Crippen molar-refractivity contribution in [2.24, 2.45) is 0 Å². The lowest BCUT2D eigenvalue weighted by atomic mass is 10.2. The van der Waals surface area contributed by atoms with E-state index in [0.29, 0.717) is 0 Å². The largest absolute Gasteiger partial charge is 0.759 e. The Kier molecular flexibility index (Phi) is 24.7. The molecule has 0 aromatic rings. The first-order valence-corrected chi connectivity index (χ1v) is 18.1. The minimum absolute atomic E-state index is 0.959. The Morgan fingerprint density at radius 3 is 0.837 bits per heavy atom. The summed E-state index contributed by atoms with van der Waals surface area (Å²) < 4.78 is 86.6. The summed E-state index contributed by atoms with van der Waals surface area (Å²) in [6, 6.07) is 0. The molecule has 3 fully saturated rings. The number of unbranched alkanes of at least 4 members (excludes halogenated alkanes) is 3. The number of likely N-dealkylation sites (N-methyl/N-ethyl adjacent to an activating group) is 3. The van der Waals surface area contributed by atoms with Crippen LogP contribution in [0, 0.1) is 0 Å². The Bertz CT molecular complexity index is 760. The van der Waals surface area contributed by atoms with Gasteiger partial charge in [-0.05, 0) is 19.3 Å². The van der Waals surface area contributed by atoms with Crippen molar-refractivity contribution in [3.05, 3.63) is 0 Å². The molecule has 43 heavy (non-hydrogen) atoms. The Labute approximate surface area is 262 Å². The summed E-state index contributed by atoms with van der Waals surface area (Å²) >= 11 is 0. The van der Waals surface area contributed by atoms with Gasteiger partial charge in [-0.15, -0.1) is 0 Å². The molecule has 3 aliphatic heterocycles. The van der Waals surface area contributed by atoms with Crippen LogP contribution in [0.2, 0.25) is 0 Å². The van der Waals surface area contributed by atoms with Gasteiger partial charge in [0.15, 0.2) is 0 Å². The number of nitrogens with zero attached hydrogens (tertiary/aromatic N) is 3. The molecule has 0 bridgehead atoms. The number of ether oxygens (including phenoxy) is 3. The highest BCUT2D eigenvalue weighted by Crippen LogP contribution is 2.10. The number of rotatable bonds is 9. The summed E-state index contributed by atoms with van der Waals surface area (Å²) in [5, 5.41) is 0. The molecule has 0 saturated carbocycles. The van der Waals surface area contributed by atoms with Crippen LogP contribution in [-0.4, -0.2) is 168 Å². The van der Waals surface area contributed by atoms with Crippen LogP contribution >= 0.6 is 0 Å². The minimum atomic E-state index is -5.17. The second kappa shape index (κ2) is 23.8. The molecule has 0 aromatic carbocycles. The molecule has 0 spiro atoms. The van der Waals surface area contributed by atoms with Gasteiger partial charge in [0.25, 0.3) is 0 Å². The molecule has 262 valence electrons. The topological polar surface area (TPSA) is 185 Å². The summed E-state index contributed by atoms with van der Waals surface area (Å²) in [6.45, 7) is 23.8. The highest BCUT2D eigenvalue weighted by Gasteiger charge is 2.25. The number of quaternary nitrogens is 3. The van der Waals surface area contributed by atoms with E-state index >= 15 is 0 Å². The molecule has 3 rings (SSSR count). The Morgan fingerprint density at radius 1 is 0.535 bits per heavy atom. The summed E-state index contributed by atoms with van der Waals surface area (Å²) in [6.07, 6.45) is 8.02. The van der Waals surface area contributed by atoms with E-state index in [2.05, 4.69) is 41.9 Å². The third-order valence-corrected chi connectivity index (χ3v) is 7.81. The summed E-state index contributed by atoms with van der Waals surface area (Å²) in [7, 11) is -3.05. The van der Waals surface area contributed by atoms with E-state index in [1.54, 1.807) is 0 Å². The Balaban J connectivity index is 0. The van der Waals surface area contributed by atoms with Crippen LogP contribution in [0.4, 0.5) is 0 Å². The Morgan fingerprint density at radius 2 is 0.698 bits per heavy atom. The molecule has 3 aliphatic rings. The van der Waals surface area contributed by atoms with Crippen LogP contribution in [-0.2, 0) is 35.0 Å². The van der Waals surface area contributed by atoms with Crippen LogP contribution in [0.15, 0.2) is 0 Å². The zero-order valence-electron chi connectivity index (χ0n) is 27.5. The van der Waals surface area contributed by atoms with E-state index in [-0.39, 0.29) is 0 Å². The van der Waals surface area contributed by atoms with Crippen LogP contribution in [0.5, 0.6) is 0 Å². The smallest absolute Gasteiger partial charge is 0.215 e. The van der Waals surface area contributed by atoms with E-state index in [1.165, 1.54) is 111 Å². The number of hydrogen-bond acceptors (Lipinski definition) is 10. The molecule has 3 heterocycles. The lowest BCUT2D eigenvalue weighted by molar-refractivity contribution is -0.917. The molecule has 16 heteroatoms. The van der Waals surface area contributed by atoms with E-state index in [4.69, 9.17) is 49.3 Å². The fraction of sp³-hybridized carbons (Fsp3) is 1.00. The lowest BCUT2D eigenvalue weighted by Gasteiger charge is -2.37. The van der Waals surface area contributed by atoms with E-state index in [9.17, 15) is 0 Å². The third kappa shape index (κ3) is 32.7. The molecule has 0 aromatic heterocycles. The average molecular weight is 668 g/mol. The molecule has 0 amide bonds.